The fraction of sp³-hybridized carbons (Fsp3) is 0.471. The van der Waals surface area contributed by atoms with Gasteiger partial charge in [-0.1, -0.05) is 25.9 Å². The molecule has 2 heterocycles. The zero-order chi connectivity index (χ0) is 19.2. The average Bonchev–Trinajstić information content (AvgIpc) is 3.24. The second kappa shape index (κ2) is 8.41. The number of imide groups is 1. The minimum Gasteiger partial charge on any atom is -0.459 e. The van der Waals surface area contributed by atoms with Crippen molar-refractivity contribution in [3.05, 3.63) is 35.9 Å². The number of rotatable bonds is 7. The van der Waals surface area contributed by atoms with Crippen LogP contribution >= 0.6 is 0 Å². The maximum absolute atomic E-state index is 11.6. The fourth-order valence-electron chi connectivity index (χ4n) is 1.90. The third-order valence-electron chi connectivity index (χ3n) is 3.27. The van der Waals surface area contributed by atoms with Gasteiger partial charge in [-0.05, 0) is 18.6 Å². The minimum atomic E-state index is -0.730. The molecule has 0 unspecified atom stereocenters. The molecule has 2 aromatic heterocycles. The Kier molecular flexibility index (Phi) is 6.26. The van der Waals surface area contributed by atoms with Crippen LogP contribution in [0.5, 0.6) is 0 Å². The van der Waals surface area contributed by atoms with Gasteiger partial charge in [0.1, 0.15) is 0 Å². The summed E-state index contributed by atoms with van der Waals surface area (Å²) in [7, 11) is 0. The number of aromatic nitrogens is 2. The van der Waals surface area contributed by atoms with E-state index in [4.69, 9.17) is 13.7 Å². The second-order valence-corrected chi connectivity index (χ2v) is 6.63. The molecule has 2 rings (SSSR count). The van der Waals surface area contributed by atoms with Crippen LogP contribution in [0.2, 0.25) is 0 Å². The van der Waals surface area contributed by atoms with E-state index in [2.05, 4.69) is 15.5 Å². The van der Waals surface area contributed by atoms with Crippen LogP contribution in [0.3, 0.4) is 0 Å². The summed E-state index contributed by atoms with van der Waals surface area (Å²) in [6.45, 7) is 5.38. The lowest BCUT2D eigenvalue weighted by molar-refractivity contribution is -0.148. The van der Waals surface area contributed by atoms with Crippen LogP contribution in [-0.2, 0) is 26.2 Å². The Hall–Kier alpha value is -2.97. The number of hydrogen-bond acceptors (Lipinski definition) is 8. The van der Waals surface area contributed by atoms with Gasteiger partial charge < -0.3 is 13.7 Å². The molecule has 0 saturated carbocycles. The predicted octanol–water partition coefficient (Wildman–Crippen LogP) is 1.78. The number of carbonyl (C=O) groups is 3. The van der Waals surface area contributed by atoms with Gasteiger partial charge >= 0.3 is 5.97 Å². The highest BCUT2D eigenvalue weighted by molar-refractivity contribution is 6.03. The summed E-state index contributed by atoms with van der Waals surface area (Å²) in [6, 6.07) is 2.94. The molecule has 0 aliphatic carbocycles. The van der Waals surface area contributed by atoms with Crippen LogP contribution in [0.15, 0.2) is 27.3 Å². The van der Waals surface area contributed by atoms with Gasteiger partial charge in [0, 0.05) is 18.3 Å². The summed E-state index contributed by atoms with van der Waals surface area (Å²) in [6.07, 6.45) is 2.28. The van der Waals surface area contributed by atoms with Crippen molar-refractivity contribution in [1.82, 2.24) is 15.5 Å². The number of nitrogens with one attached hydrogen (secondary N) is 1. The average molecular weight is 363 g/mol. The van der Waals surface area contributed by atoms with E-state index in [1.807, 2.05) is 20.8 Å². The van der Waals surface area contributed by atoms with E-state index >= 15 is 0 Å². The van der Waals surface area contributed by atoms with Crippen LogP contribution in [0.4, 0.5) is 0 Å². The summed E-state index contributed by atoms with van der Waals surface area (Å²) in [5, 5.41) is 5.95. The molecule has 0 radical (unpaired) electrons. The highest BCUT2D eigenvalue weighted by Crippen LogP contribution is 2.18. The molecular weight excluding hydrogens is 342 g/mol. The number of esters is 1. The van der Waals surface area contributed by atoms with Gasteiger partial charge in [0.2, 0.25) is 5.89 Å². The molecule has 140 valence electrons. The van der Waals surface area contributed by atoms with E-state index in [0.717, 1.165) is 0 Å². The van der Waals surface area contributed by atoms with E-state index in [1.165, 1.54) is 18.4 Å². The predicted molar refractivity (Wildman–Crippen MR) is 88.1 cm³/mol. The first kappa shape index (κ1) is 19.4. The third-order valence-corrected chi connectivity index (χ3v) is 3.27. The SMILES string of the molecule is CC(C)(C)c1noc(CCCC(=O)OCC(=O)NC(=O)c2ccco2)n1. The first-order chi connectivity index (χ1) is 12.3. The number of ether oxygens (including phenoxy) is 1. The largest absolute Gasteiger partial charge is 0.459 e. The maximum atomic E-state index is 11.6. The molecule has 1 N–H and O–H groups in total. The van der Waals surface area contributed by atoms with E-state index in [9.17, 15) is 14.4 Å². The molecule has 0 bridgehead atoms. The highest BCUT2D eigenvalue weighted by atomic mass is 16.5. The van der Waals surface area contributed by atoms with Gasteiger partial charge in [0.15, 0.2) is 18.2 Å². The summed E-state index contributed by atoms with van der Waals surface area (Å²) in [5.41, 5.74) is -0.207. The van der Waals surface area contributed by atoms with Crippen LogP contribution in [0, 0.1) is 0 Å². The molecule has 0 aliphatic rings. The molecule has 0 atom stereocenters. The van der Waals surface area contributed by atoms with Crippen molar-refractivity contribution < 1.29 is 28.1 Å². The molecule has 9 nitrogen and oxygen atoms in total. The quantitative estimate of drug-likeness (QED) is 0.738. The zero-order valence-electron chi connectivity index (χ0n) is 14.9. The summed E-state index contributed by atoms with van der Waals surface area (Å²) >= 11 is 0. The fourth-order valence-corrected chi connectivity index (χ4v) is 1.90. The second-order valence-electron chi connectivity index (χ2n) is 6.63. The van der Waals surface area contributed by atoms with Crippen molar-refractivity contribution in [2.45, 2.75) is 45.4 Å². The molecule has 26 heavy (non-hydrogen) atoms. The van der Waals surface area contributed by atoms with E-state index in [-0.39, 0.29) is 17.6 Å². The van der Waals surface area contributed by atoms with Crippen molar-refractivity contribution >= 4 is 17.8 Å². The molecule has 0 fully saturated rings. The Bertz CT molecular complexity index is 758. The van der Waals surface area contributed by atoms with Gasteiger partial charge in [-0.25, -0.2) is 0 Å². The lowest BCUT2D eigenvalue weighted by Crippen LogP contribution is -2.33. The van der Waals surface area contributed by atoms with Gasteiger partial charge in [-0.15, -0.1) is 0 Å². The van der Waals surface area contributed by atoms with Crippen LogP contribution in [0.1, 0.15) is 55.9 Å². The smallest absolute Gasteiger partial charge is 0.306 e. The molecule has 9 heteroatoms. The van der Waals surface area contributed by atoms with E-state index in [1.54, 1.807) is 0 Å². The topological polar surface area (TPSA) is 125 Å². The van der Waals surface area contributed by atoms with Crippen molar-refractivity contribution in [2.75, 3.05) is 6.61 Å². The van der Waals surface area contributed by atoms with Crippen LogP contribution in [-0.4, -0.2) is 34.5 Å². The van der Waals surface area contributed by atoms with Crippen molar-refractivity contribution in [2.24, 2.45) is 0 Å². The molecular formula is C17H21N3O6. The first-order valence-corrected chi connectivity index (χ1v) is 8.12. The van der Waals surface area contributed by atoms with E-state index in [0.29, 0.717) is 24.6 Å². The van der Waals surface area contributed by atoms with Crippen molar-refractivity contribution in [3.8, 4) is 0 Å². The summed E-state index contributed by atoms with van der Waals surface area (Å²) in [4.78, 5) is 39.0. The molecule has 2 amide bonds. The molecule has 0 saturated heterocycles. The van der Waals surface area contributed by atoms with Gasteiger partial charge in [0.25, 0.3) is 11.8 Å². The number of nitrogens with zero attached hydrogens (tertiary/aromatic N) is 2. The lowest BCUT2D eigenvalue weighted by atomic mass is 9.96. The summed E-state index contributed by atoms with van der Waals surface area (Å²) < 4.78 is 14.8. The number of hydrogen-bond donors (Lipinski definition) is 1. The number of amides is 2. The Morgan fingerprint density at radius 1 is 1.27 bits per heavy atom. The molecule has 2 aromatic rings. The normalized spacial score (nSPS) is 11.2. The first-order valence-electron chi connectivity index (χ1n) is 8.12. The van der Waals surface area contributed by atoms with Crippen LogP contribution in [0.25, 0.3) is 0 Å². The molecule has 0 spiro atoms. The minimum absolute atomic E-state index is 0.00106. The Balaban J connectivity index is 1.65. The number of carbonyl (C=O) groups excluding carboxylic acids is 3. The van der Waals surface area contributed by atoms with Crippen molar-refractivity contribution in [3.63, 3.8) is 0 Å². The Morgan fingerprint density at radius 3 is 2.65 bits per heavy atom. The molecule has 0 aliphatic heterocycles. The highest BCUT2D eigenvalue weighted by Gasteiger charge is 2.21. The lowest BCUT2D eigenvalue weighted by Gasteiger charge is -2.10. The van der Waals surface area contributed by atoms with Crippen LogP contribution < -0.4 is 5.32 Å². The van der Waals surface area contributed by atoms with E-state index < -0.39 is 24.4 Å². The zero-order valence-corrected chi connectivity index (χ0v) is 14.9. The maximum Gasteiger partial charge on any atom is 0.306 e. The Morgan fingerprint density at radius 2 is 2.04 bits per heavy atom. The van der Waals surface area contributed by atoms with Crippen molar-refractivity contribution in [1.29, 1.82) is 0 Å². The van der Waals surface area contributed by atoms with Gasteiger partial charge in [0.05, 0.1) is 6.26 Å². The number of furan rings is 1. The number of aryl methyl sites for hydroxylation is 1. The monoisotopic (exact) mass is 363 g/mol. The third kappa shape index (κ3) is 5.83. The van der Waals surface area contributed by atoms with Gasteiger partial charge in [-0.2, -0.15) is 4.98 Å². The standard InChI is InChI=1S/C17H21N3O6/c1-17(2,3)16-19-13(26-20-16)7-4-8-14(22)25-10-12(21)18-15(23)11-6-5-9-24-11/h5-6,9H,4,7-8,10H2,1-3H3,(H,18,21,23). The molecule has 0 aromatic carbocycles. The van der Waals surface area contributed by atoms with Gasteiger partial charge in [-0.3, -0.25) is 19.7 Å². The Labute approximate surface area is 150 Å². The summed E-state index contributed by atoms with van der Waals surface area (Å²) in [5.74, 6) is -0.925.